The Morgan fingerprint density at radius 2 is 2.15 bits per heavy atom. The third-order valence-corrected chi connectivity index (χ3v) is 2.14. The van der Waals surface area contributed by atoms with E-state index in [4.69, 9.17) is 5.53 Å². The average molecular weight is 194 g/mol. The maximum absolute atomic E-state index is 12.3. The molecule has 13 heavy (non-hydrogen) atoms. The third-order valence-electron chi connectivity index (χ3n) is 2.14. The molecule has 0 aromatic carbocycles. The van der Waals surface area contributed by atoms with Crippen LogP contribution < -0.4 is 5.32 Å². The standard InChI is InChI=1S/C6H9F3N4/c7-6(8,9)5-3-11-1-4(5)2-12-13-10/h4-5,11H,1-3H2. The molecule has 1 aliphatic rings. The zero-order valence-corrected chi connectivity index (χ0v) is 6.75. The van der Waals surface area contributed by atoms with Gasteiger partial charge in [0.05, 0.1) is 5.92 Å². The molecular formula is C6H9F3N4. The smallest absolute Gasteiger partial charge is 0.316 e. The van der Waals surface area contributed by atoms with E-state index in [2.05, 4.69) is 15.3 Å². The quantitative estimate of drug-likeness (QED) is 0.406. The van der Waals surface area contributed by atoms with E-state index in [0.717, 1.165) is 0 Å². The molecule has 1 heterocycles. The van der Waals surface area contributed by atoms with Crippen LogP contribution in [0, 0.1) is 11.8 Å². The molecule has 0 bridgehead atoms. The molecule has 0 saturated carbocycles. The molecule has 1 aliphatic heterocycles. The Labute approximate surface area is 72.7 Å². The molecule has 0 radical (unpaired) electrons. The number of alkyl halides is 3. The zero-order valence-electron chi connectivity index (χ0n) is 6.75. The Bertz CT molecular complexity index is 220. The minimum Gasteiger partial charge on any atom is -0.316 e. The maximum atomic E-state index is 12.3. The van der Waals surface area contributed by atoms with Crippen LogP contribution in [0.5, 0.6) is 0 Å². The van der Waals surface area contributed by atoms with Crippen molar-refractivity contribution in [2.24, 2.45) is 17.0 Å². The molecule has 1 saturated heterocycles. The highest BCUT2D eigenvalue weighted by atomic mass is 19.4. The van der Waals surface area contributed by atoms with Gasteiger partial charge >= 0.3 is 6.18 Å². The van der Waals surface area contributed by atoms with Crippen LogP contribution in [0.4, 0.5) is 13.2 Å². The molecule has 1 rings (SSSR count). The largest absolute Gasteiger partial charge is 0.393 e. The second kappa shape index (κ2) is 3.85. The second-order valence-electron chi connectivity index (χ2n) is 2.98. The number of halogens is 3. The Hall–Kier alpha value is -0.940. The van der Waals surface area contributed by atoms with Crippen molar-refractivity contribution in [3.8, 4) is 0 Å². The van der Waals surface area contributed by atoms with Crippen molar-refractivity contribution < 1.29 is 13.2 Å². The number of rotatable bonds is 2. The first-order chi connectivity index (χ1) is 6.05. The molecule has 0 aromatic heterocycles. The molecule has 0 amide bonds. The van der Waals surface area contributed by atoms with Gasteiger partial charge in [0.1, 0.15) is 0 Å². The van der Waals surface area contributed by atoms with Gasteiger partial charge in [-0.2, -0.15) is 13.2 Å². The summed E-state index contributed by atoms with van der Waals surface area (Å²) in [4.78, 5) is 2.45. The summed E-state index contributed by atoms with van der Waals surface area (Å²) in [5.41, 5.74) is 7.97. The van der Waals surface area contributed by atoms with Crippen LogP contribution in [-0.2, 0) is 0 Å². The van der Waals surface area contributed by atoms with Crippen molar-refractivity contribution in [1.29, 1.82) is 0 Å². The first kappa shape index (κ1) is 10.1. The highest BCUT2D eigenvalue weighted by Crippen LogP contribution is 2.34. The van der Waals surface area contributed by atoms with Gasteiger partial charge in [-0.1, -0.05) is 5.11 Å². The Balaban J connectivity index is 2.58. The summed E-state index contributed by atoms with van der Waals surface area (Å²) in [5.74, 6) is -1.99. The van der Waals surface area contributed by atoms with Crippen molar-refractivity contribution in [2.45, 2.75) is 6.18 Å². The Morgan fingerprint density at radius 3 is 2.69 bits per heavy atom. The van der Waals surface area contributed by atoms with Gasteiger partial charge in [-0.3, -0.25) is 0 Å². The molecule has 2 atom stereocenters. The highest BCUT2D eigenvalue weighted by Gasteiger charge is 2.46. The van der Waals surface area contributed by atoms with Gasteiger partial charge in [0.2, 0.25) is 0 Å². The van der Waals surface area contributed by atoms with E-state index in [1.54, 1.807) is 0 Å². The van der Waals surface area contributed by atoms with Crippen LogP contribution in [0.2, 0.25) is 0 Å². The summed E-state index contributed by atoms with van der Waals surface area (Å²) in [5, 5.41) is 5.79. The molecule has 7 heteroatoms. The summed E-state index contributed by atoms with van der Waals surface area (Å²) in [6.45, 7) is 0.103. The number of nitrogens with zero attached hydrogens (tertiary/aromatic N) is 3. The number of hydrogen-bond acceptors (Lipinski definition) is 2. The fraction of sp³-hybridized carbons (Fsp3) is 1.00. The normalized spacial score (nSPS) is 28.5. The van der Waals surface area contributed by atoms with E-state index in [1.807, 2.05) is 0 Å². The van der Waals surface area contributed by atoms with Crippen molar-refractivity contribution in [2.75, 3.05) is 19.6 Å². The van der Waals surface area contributed by atoms with Gasteiger partial charge in [-0.05, 0) is 18.0 Å². The number of nitrogens with one attached hydrogen (secondary N) is 1. The molecule has 74 valence electrons. The van der Waals surface area contributed by atoms with E-state index in [-0.39, 0.29) is 19.6 Å². The van der Waals surface area contributed by atoms with Crippen molar-refractivity contribution in [1.82, 2.24) is 5.32 Å². The van der Waals surface area contributed by atoms with Gasteiger partial charge in [-0.15, -0.1) is 0 Å². The molecule has 0 aliphatic carbocycles. The average Bonchev–Trinajstić information content (AvgIpc) is 2.47. The lowest BCUT2D eigenvalue weighted by Gasteiger charge is -2.19. The number of hydrogen-bond donors (Lipinski definition) is 1. The van der Waals surface area contributed by atoms with Crippen LogP contribution in [0.1, 0.15) is 0 Å². The minimum atomic E-state index is -4.20. The fourth-order valence-electron chi connectivity index (χ4n) is 1.45. The van der Waals surface area contributed by atoms with Gasteiger partial charge in [-0.25, -0.2) is 0 Å². The molecule has 2 unspecified atom stereocenters. The summed E-state index contributed by atoms with van der Waals surface area (Å²) in [6, 6.07) is 0. The van der Waals surface area contributed by atoms with Crippen molar-refractivity contribution in [3.63, 3.8) is 0 Å². The first-order valence-corrected chi connectivity index (χ1v) is 3.84. The summed E-state index contributed by atoms with van der Waals surface area (Å²) in [6.07, 6.45) is -4.20. The summed E-state index contributed by atoms with van der Waals surface area (Å²) in [7, 11) is 0. The van der Waals surface area contributed by atoms with Gasteiger partial charge in [0.25, 0.3) is 0 Å². The molecular weight excluding hydrogens is 185 g/mol. The zero-order chi connectivity index (χ0) is 9.90. The van der Waals surface area contributed by atoms with E-state index in [9.17, 15) is 13.2 Å². The predicted octanol–water partition coefficient (Wildman–Crippen LogP) is 1.69. The van der Waals surface area contributed by atoms with Gasteiger partial charge < -0.3 is 5.32 Å². The van der Waals surface area contributed by atoms with E-state index in [1.165, 1.54) is 0 Å². The first-order valence-electron chi connectivity index (χ1n) is 3.84. The van der Waals surface area contributed by atoms with Crippen LogP contribution in [-0.4, -0.2) is 25.8 Å². The summed E-state index contributed by atoms with van der Waals surface area (Å²) < 4.78 is 36.8. The SMILES string of the molecule is [N-]=[N+]=NCC1CNCC1C(F)(F)F. The molecule has 0 aromatic rings. The van der Waals surface area contributed by atoms with Crippen LogP contribution >= 0.6 is 0 Å². The summed E-state index contributed by atoms with van der Waals surface area (Å²) >= 11 is 0. The monoisotopic (exact) mass is 194 g/mol. The Kier molecular flexibility index (Phi) is 3.00. The fourth-order valence-corrected chi connectivity index (χ4v) is 1.45. The minimum absolute atomic E-state index is 0.0743. The second-order valence-corrected chi connectivity index (χ2v) is 2.98. The lowest BCUT2D eigenvalue weighted by atomic mass is 9.96. The molecule has 0 spiro atoms. The lowest BCUT2D eigenvalue weighted by Crippen LogP contribution is -2.30. The number of azide groups is 1. The molecule has 4 nitrogen and oxygen atoms in total. The predicted molar refractivity (Wildman–Crippen MR) is 39.9 cm³/mol. The van der Waals surface area contributed by atoms with E-state index < -0.39 is 18.0 Å². The van der Waals surface area contributed by atoms with Crippen molar-refractivity contribution >= 4 is 0 Å². The molecule has 1 fully saturated rings. The van der Waals surface area contributed by atoms with Crippen LogP contribution in [0.25, 0.3) is 10.4 Å². The van der Waals surface area contributed by atoms with Crippen LogP contribution in [0.3, 0.4) is 0 Å². The van der Waals surface area contributed by atoms with E-state index in [0.29, 0.717) is 0 Å². The van der Waals surface area contributed by atoms with Gasteiger partial charge in [0, 0.05) is 18.0 Å². The van der Waals surface area contributed by atoms with Crippen molar-refractivity contribution in [3.05, 3.63) is 10.4 Å². The highest BCUT2D eigenvalue weighted by molar-refractivity contribution is 4.86. The Morgan fingerprint density at radius 1 is 1.46 bits per heavy atom. The third kappa shape index (κ3) is 2.50. The lowest BCUT2D eigenvalue weighted by molar-refractivity contribution is -0.178. The molecule has 1 N–H and O–H groups in total. The van der Waals surface area contributed by atoms with Crippen LogP contribution in [0.15, 0.2) is 5.11 Å². The maximum Gasteiger partial charge on any atom is 0.393 e. The topological polar surface area (TPSA) is 60.8 Å². The van der Waals surface area contributed by atoms with Gasteiger partial charge in [0.15, 0.2) is 0 Å². The van der Waals surface area contributed by atoms with E-state index >= 15 is 0 Å².